The average Bonchev–Trinajstić information content (AvgIpc) is 2.87. The summed E-state index contributed by atoms with van der Waals surface area (Å²) >= 11 is 0. The molecule has 1 aromatic carbocycles. The standard InChI is InChI=1S/C17H23N3O3S/c1-12-8-17(18-15-7-5-4-6-14(12)15)20-9-13(16(21)10-20)11-24(22,23)19(2)3/h4-8,13,16,21H,9-11H2,1-3H3. The maximum atomic E-state index is 12.1. The topological polar surface area (TPSA) is 73.7 Å². The zero-order valence-corrected chi connectivity index (χ0v) is 15.0. The van der Waals surface area contributed by atoms with Crippen molar-refractivity contribution in [3.63, 3.8) is 0 Å². The third kappa shape index (κ3) is 3.24. The van der Waals surface area contributed by atoms with Crippen LogP contribution < -0.4 is 4.90 Å². The second-order valence-corrected chi connectivity index (χ2v) is 8.84. The second kappa shape index (κ2) is 6.31. The van der Waals surface area contributed by atoms with Crippen molar-refractivity contribution >= 4 is 26.7 Å². The number of fused-ring (bicyclic) bond motifs is 1. The van der Waals surface area contributed by atoms with Gasteiger partial charge in [0.1, 0.15) is 5.82 Å². The molecule has 7 heteroatoms. The van der Waals surface area contributed by atoms with Crippen molar-refractivity contribution in [1.29, 1.82) is 0 Å². The molecular formula is C17H23N3O3S. The Bertz CT molecular complexity index is 851. The molecule has 2 unspecified atom stereocenters. The monoisotopic (exact) mass is 349 g/mol. The van der Waals surface area contributed by atoms with Gasteiger partial charge in [-0.2, -0.15) is 0 Å². The van der Waals surface area contributed by atoms with E-state index >= 15 is 0 Å². The van der Waals surface area contributed by atoms with E-state index in [1.54, 1.807) is 0 Å². The summed E-state index contributed by atoms with van der Waals surface area (Å²) in [6.45, 7) is 2.92. The molecule has 0 radical (unpaired) electrons. The van der Waals surface area contributed by atoms with Crippen molar-refractivity contribution in [1.82, 2.24) is 9.29 Å². The molecule has 0 saturated carbocycles. The van der Waals surface area contributed by atoms with Gasteiger partial charge in [0.15, 0.2) is 0 Å². The number of hydrogen-bond acceptors (Lipinski definition) is 5. The number of aryl methyl sites for hydroxylation is 1. The van der Waals surface area contributed by atoms with Gasteiger partial charge in [-0.1, -0.05) is 18.2 Å². The predicted octanol–water partition coefficient (Wildman–Crippen LogP) is 1.23. The molecule has 1 aromatic heterocycles. The molecule has 0 spiro atoms. The summed E-state index contributed by atoms with van der Waals surface area (Å²) in [6, 6.07) is 9.93. The van der Waals surface area contributed by atoms with Crippen LogP contribution in [0.1, 0.15) is 5.56 Å². The van der Waals surface area contributed by atoms with Crippen molar-refractivity contribution in [3.8, 4) is 0 Å². The molecule has 0 amide bonds. The number of aromatic nitrogens is 1. The number of benzene rings is 1. The Hall–Kier alpha value is -1.70. The summed E-state index contributed by atoms with van der Waals surface area (Å²) in [5.74, 6) is 0.422. The van der Waals surface area contributed by atoms with E-state index in [4.69, 9.17) is 0 Å². The Morgan fingerprint density at radius 3 is 2.71 bits per heavy atom. The summed E-state index contributed by atoms with van der Waals surface area (Å²) in [4.78, 5) is 6.65. The molecule has 1 N–H and O–H groups in total. The zero-order valence-electron chi connectivity index (χ0n) is 14.2. The van der Waals surface area contributed by atoms with Gasteiger partial charge < -0.3 is 10.0 Å². The number of aliphatic hydroxyl groups excluding tert-OH is 1. The van der Waals surface area contributed by atoms with Crippen molar-refractivity contribution in [3.05, 3.63) is 35.9 Å². The maximum Gasteiger partial charge on any atom is 0.214 e. The van der Waals surface area contributed by atoms with Crippen LogP contribution in [0.15, 0.2) is 30.3 Å². The number of anilines is 1. The highest BCUT2D eigenvalue weighted by molar-refractivity contribution is 7.89. The Morgan fingerprint density at radius 2 is 2.00 bits per heavy atom. The van der Waals surface area contributed by atoms with E-state index in [1.807, 2.05) is 42.2 Å². The Balaban J connectivity index is 1.85. The van der Waals surface area contributed by atoms with Crippen LogP contribution in [0.2, 0.25) is 0 Å². The molecule has 2 atom stereocenters. The lowest BCUT2D eigenvalue weighted by molar-refractivity contribution is 0.157. The number of pyridine rings is 1. The molecule has 1 aliphatic rings. The second-order valence-electron chi connectivity index (χ2n) is 6.61. The van der Waals surface area contributed by atoms with Gasteiger partial charge in [0.2, 0.25) is 10.0 Å². The molecular weight excluding hydrogens is 326 g/mol. The average molecular weight is 349 g/mol. The molecule has 1 saturated heterocycles. The summed E-state index contributed by atoms with van der Waals surface area (Å²) in [6.07, 6.45) is -0.673. The highest BCUT2D eigenvalue weighted by Crippen LogP contribution is 2.28. The summed E-state index contributed by atoms with van der Waals surface area (Å²) in [7, 11) is -0.304. The normalized spacial score (nSPS) is 21.8. The van der Waals surface area contributed by atoms with E-state index in [9.17, 15) is 13.5 Å². The quantitative estimate of drug-likeness (QED) is 0.899. The molecule has 1 fully saturated rings. The van der Waals surface area contributed by atoms with Crippen LogP contribution in [0, 0.1) is 12.8 Å². The van der Waals surface area contributed by atoms with Gasteiger partial charge in [-0.15, -0.1) is 0 Å². The number of sulfonamides is 1. The van der Waals surface area contributed by atoms with E-state index in [2.05, 4.69) is 4.98 Å². The van der Waals surface area contributed by atoms with Crippen LogP contribution in [0.25, 0.3) is 10.9 Å². The summed E-state index contributed by atoms with van der Waals surface area (Å²) < 4.78 is 25.4. The minimum absolute atomic E-state index is 0.0514. The molecule has 1 aliphatic heterocycles. The number of nitrogens with zero attached hydrogens (tertiary/aromatic N) is 3. The zero-order chi connectivity index (χ0) is 17.5. The van der Waals surface area contributed by atoms with Crippen LogP contribution in [-0.2, 0) is 10.0 Å². The van der Waals surface area contributed by atoms with Crippen LogP contribution in [-0.4, -0.2) is 61.9 Å². The van der Waals surface area contributed by atoms with Crippen LogP contribution in [0.3, 0.4) is 0 Å². The predicted molar refractivity (Wildman–Crippen MR) is 95.7 cm³/mol. The number of rotatable bonds is 4. The van der Waals surface area contributed by atoms with E-state index in [0.717, 1.165) is 22.3 Å². The largest absolute Gasteiger partial charge is 0.391 e. The molecule has 6 nitrogen and oxygen atoms in total. The fourth-order valence-corrected chi connectivity index (χ4v) is 4.29. The van der Waals surface area contributed by atoms with Crippen LogP contribution >= 0.6 is 0 Å². The van der Waals surface area contributed by atoms with Gasteiger partial charge in [-0.25, -0.2) is 17.7 Å². The molecule has 3 rings (SSSR count). The lowest BCUT2D eigenvalue weighted by Gasteiger charge is -2.19. The Morgan fingerprint density at radius 1 is 1.29 bits per heavy atom. The van der Waals surface area contributed by atoms with E-state index in [0.29, 0.717) is 13.1 Å². The third-order valence-electron chi connectivity index (χ3n) is 4.62. The first-order valence-corrected chi connectivity index (χ1v) is 9.58. The Kier molecular flexibility index (Phi) is 4.50. The summed E-state index contributed by atoms with van der Waals surface area (Å²) in [5.41, 5.74) is 2.03. The smallest absolute Gasteiger partial charge is 0.214 e. The first kappa shape index (κ1) is 17.1. The van der Waals surface area contributed by atoms with Crippen molar-refractivity contribution in [2.75, 3.05) is 37.8 Å². The number of para-hydroxylation sites is 1. The van der Waals surface area contributed by atoms with Gasteiger partial charge in [-0.05, 0) is 24.6 Å². The fraction of sp³-hybridized carbons (Fsp3) is 0.471. The first-order chi connectivity index (χ1) is 11.3. The minimum atomic E-state index is -3.34. The van der Waals surface area contributed by atoms with E-state index < -0.39 is 16.1 Å². The molecule has 0 bridgehead atoms. The molecule has 2 aromatic rings. The molecule has 130 valence electrons. The lowest BCUT2D eigenvalue weighted by Crippen LogP contribution is -2.33. The Labute approximate surface area is 142 Å². The minimum Gasteiger partial charge on any atom is -0.391 e. The van der Waals surface area contributed by atoms with Crippen molar-refractivity contribution in [2.24, 2.45) is 5.92 Å². The maximum absolute atomic E-state index is 12.1. The number of aliphatic hydroxyl groups is 1. The highest BCUT2D eigenvalue weighted by Gasteiger charge is 2.36. The van der Waals surface area contributed by atoms with Gasteiger partial charge in [0, 0.05) is 38.5 Å². The highest BCUT2D eigenvalue weighted by atomic mass is 32.2. The SMILES string of the molecule is Cc1cc(N2CC(O)C(CS(=O)(=O)N(C)C)C2)nc2ccccc12. The van der Waals surface area contributed by atoms with E-state index in [-0.39, 0.29) is 11.7 Å². The lowest BCUT2D eigenvalue weighted by atomic mass is 10.1. The van der Waals surface area contributed by atoms with Crippen LogP contribution in [0.5, 0.6) is 0 Å². The number of hydrogen-bond donors (Lipinski definition) is 1. The molecule has 24 heavy (non-hydrogen) atoms. The summed E-state index contributed by atoms with van der Waals surface area (Å²) in [5, 5.41) is 11.4. The van der Waals surface area contributed by atoms with Gasteiger partial charge in [0.05, 0.1) is 17.4 Å². The van der Waals surface area contributed by atoms with Crippen molar-refractivity contribution in [2.45, 2.75) is 13.0 Å². The molecule has 2 heterocycles. The van der Waals surface area contributed by atoms with E-state index in [1.165, 1.54) is 18.4 Å². The fourth-order valence-electron chi connectivity index (χ4n) is 3.12. The first-order valence-electron chi connectivity index (χ1n) is 7.97. The van der Waals surface area contributed by atoms with Gasteiger partial charge in [-0.3, -0.25) is 0 Å². The molecule has 0 aliphatic carbocycles. The van der Waals surface area contributed by atoms with Gasteiger partial charge in [0.25, 0.3) is 0 Å². The van der Waals surface area contributed by atoms with Gasteiger partial charge >= 0.3 is 0 Å². The number of β-amino-alcohol motifs (C(OH)–C–C–N with tert-alkyl or cyclic N) is 1. The third-order valence-corrected chi connectivity index (χ3v) is 6.58. The van der Waals surface area contributed by atoms with Crippen LogP contribution in [0.4, 0.5) is 5.82 Å². The van der Waals surface area contributed by atoms with Crippen molar-refractivity contribution < 1.29 is 13.5 Å².